The van der Waals surface area contributed by atoms with E-state index in [-0.39, 0.29) is 5.91 Å². The van der Waals surface area contributed by atoms with Crippen LogP contribution in [-0.4, -0.2) is 13.0 Å². The number of amides is 1. The van der Waals surface area contributed by atoms with Gasteiger partial charge in [0.15, 0.2) is 0 Å². The molecule has 4 nitrogen and oxygen atoms in total. The molecule has 3 aromatic carbocycles. The predicted molar refractivity (Wildman–Crippen MR) is 104 cm³/mol. The highest BCUT2D eigenvalue weighted by atomic mass is 79.9. The molecule has 5 heteroatoms. The molecule has 0 aromatic heterocycles. The smallest absolute Gasteiger partial charge is 0.258 e. The van der Waals surface area contributed by atoms with E-state index in [2.05, 4.69) is 26.6 Å². The van der Waals surface area contributed by atoms with E-state index in [1.54, 1.807) is 7.11 Å². The summed E-state index contributed by atoms with van der Waals surface area (Å²) in [7, 11) is 1.63. The molecule has 124 valence electrons. The van der Waals surface area contributed by atoms with Crippen molar-refractivity contribution in [3.63, 3.8) is 0 Å². The van der Waals surface area contributed by atoms with Crippen LogP contribution in [0.1, 0.15) is 10.4 Å². The van der Waals surface area contributed by atoms with Crippen molar-refractivity contribution < 1.29 is 9.53 Å². The first-order valence-electron chi connectivity index (χ1n) is 7.81. The molecule has 25 heavy (non-hydrogen) atoms. The van der Waals surface area contributed by atoms with Crippen molar-refractivity contribution in [1.29, 1.82) is 0 Å². The Labute approximate surface area is 154 Å². The number of ether oxygens (including phenoxy) is 1. The van der Waals surface area contributed by atoms with Gasteiger partial charge >= 0.3 is 0 Å². The molecule has 0 radical (unpaired) electrons. The Morgan fingerprint density at radius 2 is 1.60 bits per heavy atom. The Morgan fingerprint density at radius 3 is 2.36 bits per heavy atom. The Balaban J connectivity index is 1.88. The summed E-state index contributed by atoms with van der Waals surface area (Å²) >= 11 is 3.47. The summed E-state index contributed by atoms with van der Waals surface area (Å²) in [5.74, 6) is 0.588. The highest BCUT2D eigenvalue weighted by molar-refractivity contribution is 9.10. The van der Waals surface area contributed by atoms with Crippen LogP contribution in [0.15, 0.2) is 65.1 Å². The number of fused-ring (bicyclic) bond motifs is 2. The summed E-state index contributed by atoms with van der Waals surface area (Å²) in [5, 5.41) is 6.35. The molecule has 1 amide bonds. The molecule has 0 bridgehead atoms. The zero-order chi connectivity index (χ0) is 17.4. The number of carbonyl (C=O) groups excluding carboxylic acids is 1. The van der Waals surface area contributed by atoms with Crippen LogP contribution in [0, 0.1) is 0 Å². The fourth-order valence-electron chi connectivity index (χ4n) is 3.00. The number of hydrogen-bond acceptors (Lipinski definition) is 3. The standard InChI is InChI=1S/C20H15BrN2O2/c1-25-18-11-12(9-10-14(18)21)13-5-4-8-17-19(13)20(24)23-16-7-3-2-6-15(16)22-17/h2-11,22H,1H3,(H,23,24). The van der Waals surface area contributed by atoms with Crippen LogP contribution in [0.2, 0.25) is 0 Å². The first-order chi connectivity index (χ1) is 12.2. The molecule has 0 fully saturated rings. The molecule has 4 rings (SSSR count). The van der Waals surface area contributed by atoms with Crippen molar-refractivity contribution in [2.75, 3.05) is 17.7 Å². The highest BCUT2D eigenvalue weighted by Crippen LogP contribution is 2.38. The van der Waals surface area contributed by atoms with E-state index >= 15 is 0 Å². The summed E-state index contributed by atoms with van der Waals surface area (Å²) in [6, 6.07) is 19.3. The average molecular weight is 395 g/mol. The van der Waals surface area contributed by atoms with Gasteiger partial charge in [-0.15, -0.1) is 0 Å². The molecule has 1 aliphatic heterocycles. The first kappa shape index (κ1) is 15.7. The van der Waals surface area contributed by atoms with Crippen LogP contribution >= 0.6 is 15.9 Å². The normalized spacial score (nSPS) is 12.3. The lowest BCUT2D eigenvalue weighted by Gasteiger charge is -2.13. The lowest BCUT2D eigenvalue weighted by Crippen LogP contribution is -2.12. The zero-order valence-corrected chi connectivity index (χ0v) is 15.1. The fraction of sp³-hybridized carbons (Fsp3) is 0.0500. The number of nitrogens with one attached hydrogen (secondary N) is 2. The lowest BCUT2D eigenvalue weighted by atomic mass is 9.97. The van der Waals surface area contributed by atoms with Gasteiger partial charge in [-0.2, -0.15) is 0 Å². The molecule has 0 aliphatic carbocycles. The van der Waals surface area contributed by atoms with Crippen molar-refractivity contribution in [2.24, 2.45) is 0 Å². The SMILES string of the molecule is COc1cc(-c2cccc3c2C(=O)Nc2ccccc2N3)ccc1Br. The van der Waals surface area contributed by atoms with Crippen molar-refractivity contribution in [3.8, 4) is 16.9 Å². The van der Waals surface area contributed by atoms with E-state index in [9.17, 15) is 4.79 Å². The zero-order valence-electron chi connectivity index (χ0n) is 13.5. The molecule has 2 N–H and O–H groups in total. The van der Waals surface area contributed by atoms with Gasteiger partial charge in [-0.1, -0.05) is 30.3 Å². The first-order valence-corrected chi connectivity index (χ1v) is 8.61. The largest absolute Gasteiger partial charge is 0.496 e. The monoisotopic (exact) mass is 394 g/mol. The highest BCUT2D eigenvalue weighted by Gasteiger charge is 2.22. The fourth-order valence-corrected chi connectivity index (χ4v) is 3.41. The average Bonchev–Trinajstić information content (AvgIpc) is 2.77. The quantitative estimate of drug-likeness (QED) is 0.608. The Kier molecular flexibility index (Phi) is 3.93. The summed E-state index contributed by atoms with van der Waals surface area (Å²) < 4.78 is 6.26. The van der Waals surface area contributed by atoms with Gasteiger partial charge in [-0.3, -0.25) is 4.79 Å². The van der Waals surface area contributed by atoms with E-state index in [0.29, 0.717) is 5.56 Å². The second-order valence-electron chi connectivity index (χ2n) is 5.70. The summed E-state index contributed by atoms with van der Waals surface area (Å²) in [4.78, 5) is 12.9. The molecule has 0 unspecified atom stereocenters. The van der Waals surface area contributed by atoms with Crippen molar-refractivity contribution in [2.45, 2.75) is 0 Å². The molecule has 1 aliphatic rings. The molecular formula is C20H15BrN2O2. The third kappa shape index (κ3) is 2.76. The Hall–Kier alpha value is -2.79. The van der Waals surface area contributed by atoms with Crippen molar-refractivity contribution >= 4 is 38.9 Å². The topological polar surface area (TPSA) is 50.4 Å². The lowest BCUT2D eigenvalue weighted by molar-refractivity contribution is 0.102. The van der Waals surface area contributed by atoms with Crippen molar-refractivity contribution in [3.05, 3.63) is 70.7 Å². The van der Waals surface area contributed by atoms with Crippen molar-refractivity contribution in [1.82, 2.24) is 0 Å². The van der Waals surface area contributed by atoms with Gasteiger partial charge in [-0.25, -0.2) is 0 Å². The summed E-state index contributed by atoms with van der Waals surface area (Å²) in [6.07, 6.45) is 0. The summed E-state index contributed by atoms with van der Waals surface area (Å²) in [6.45, 7) is 0. The van der Waals surface area contributed by atoms with Crippen LogP contribution in [0.5, 0.6) is 5.75 Å². The van der Waals surface area contributed by atoms with Gasteiger partial charge < -0.3 is 15.4 Å². The van der Waals surface area contributed by atoms with Gasteiger partial charge in [0.25, 0.3) is 5.91 Å². The molecule has 0 atom stereocenters. The van der Waals surface area contributed by atoms with Crippen LogP contribution in [0.25, 0.3) is 11.1 Å². The number of halogens is 1. The van der Waals surface area contributed by atoms with Gasteiger partial charge in [0.05, 0.1) is 34.2 Å². The maximum Gasteiger partial charge on any atom is 0.258 e. The minimum Gasteiger partial charge on any atom is -0.496 e. The van der Waals surface area contributed by atoms with Gasteiger partial charge in [-0.05, 0) is 57.4 Å². The van der Waals surface area contributed by atoms with Crippen LogP contribution in [-0.2, 0) is 0 Å². The number of rotatable bonds is 2. The van der Waals surface area contributed by atoms with E-state index < -0.39 is 0 Å². The minimum absolute atomic E-state index is 0.134. The van der Waals surface area contributed by atoms with E-state index in [4.69, 9.17) is 4.74 Å². The molecule has 3 aromatic rings. The Bertz CT molecular complexity index is 985. The van der Waals surface area contributed by atoms with Crippen LogP contribution in [0.3, 0.4) is 0 Å². The predicted octanol–water partition coefficient (Wildman–Crippen LogP) is 5.43. The maximum absolute atomic E-state index is 12.9. The van der Waals surface area contributed by atoms with E-state index in [1.165, 1.54) is 0 Å². The number of hydrogen-bond donors (Lipinski definition) is 2. The molecular weight excluding hydrogens is 380 g/mol. The van der Waals surface area contributed by atoms with E-state index in [1.807, 2.05) is 60.7 Å². The van der Waals surface area contributed by atoms with Gasteiger partial charge in [0.2, 0.25) is 0 Å². The third-order valence-electron chi connectivity index (χ3n) is 4.20. The second kappa shape index (κ2) is 6.26. The minimum atomic E-state index is -0.134. The van der Waals surface area contributed by atoms with Gasteiger partial charge in [0, 0.05) is 0 Å². The number of anilines is 3. The number of para-hydroxylation sites is 2. The Morgan fingerprint density at radius 1 is 0.880 bits per heavy atom. The van der Waals surface area contributed by atoms with Gasteiger partial charge in [0.1, 0.15) is 5.75 Å². The molecule has 0 spiro atoms. The van der Waals surface area contributed by atoms with Crippen LogP contribution < -0.4 is 15.4 Å². The molecule has 0 saturated heterocycles. The number of benzene rings is 3. The summed E-state index contributed by atoms with van der Waals surface area (Å²) in [5.41, 5.74) is 4.80. The maximum atomic E-state index is 12.9. The molecule has 0 saturated carbocycles. The number of methoxy groups -OCH3 is 1. The molecule has 1 heterocycles. The third-order valence-corrected chi connectivity index (χ3v) is 4.85. The van der Waals surface area contributed by atoms with Crippen LogP contribution in [0.4, 0.5) is 17.1 Å². The number of carbonyl (C=O) groups is 1. The second-order valence-corrected chi connectivity index (χ2v) is 6.56. The van der Waals surface area contributed by atoms with E-state index in [0.717, 1.165) is 38.4 Å².